The summed E-state index contributed by atoms with van der Waals surface area (Å²) in [6.45, 7) is 12.0. The minimum atomic E-state index is -1.11. The van der Waals surface area contributed by atoms with Crippen molar-refractivity contribution in [2.24, 2.45) is 46.3 Å². The van der Waals surface area contributed by atoms with Crippen molar-refractivity contribution in [1.82, 2.24) is 0 Å². The maximum absolute atomic E-state index is 11.6. The fourth-order valence-electron chi connectivity index (χ4n) is 9.29. The molecule has 4 saturated carbocycles. The molecule has 30 heavy (non-hydrogen) atoms. The van der Waals surface area contributed by atoms with Crippen LogP contribution in [0.2, 0.25) is 0 Å². The van der Waals surface area contributed by atoms with E-state index in [1.165, 1.54) is 44.9 Å². The summed E-state index contributed by atoms with van der Waals surface area (Å²) in [5, 5.41) is 33.0. The van der Waals surface area contributed by atoms with E-state index < -0.39 is 17.8 Å². The molecule has 174 valence electrons. The van der Waals surface area contributed by atoms with E-state index in [9.17, 15) is 15.3 Å². The van der Waals surface area contributed by atoms with Gasteiger partial charge in [-0.15, -0.1) is 0 Å². The molecule has 3 nitrogen and oxygen atoms in total. The molecule has 0 amide bonds. The van der Waals surface area contributed by atoms with Gasteiger partial charge in [-0.3, -0.25) is 0 Å². The molecule has 0 aromatic rings. The molecule has 3 N–H and O–H groups in total. The summed E-state index contributed by atoms with van der Waals surface area (Å²) >= 11 is 0. The van der Waals surface area contributed by atoms with Crippen LogP contribution in [0.25, 0.3) is 0 Å². The molecule has 4 fully saturated rings. The number of hydrogen-bond acceptors (Lipinski definition) is 3. The van der Waals surface area contributed by atoms with Crippen LogP contribution < -0.4 is 0 Å². The lowest BCUT2D eigenvalue weighted by molar-refractivity contribution is -0.264. The molecule has 0 saturated heterocycles. The van der Waals surface area contributed by atoms with Crippen molar-refractivity contribution in [3.8, 4) is 0 Å². The largest absolute Gasteiger partial charge is 0.393 e. The van der Waals surface area contributed by atoms with Crippen LogP contribution in [0.1, 0.15) is 105 Å². The van der Waals surface area contributed by atoms with Gasteiger partial charge in [-0.1, -0.05) is 53.9 Å². The molecule has 0 aromatic heterocycles. The van der Waals surface area contributed by atoms with E-state index in [2.05, 4.69) is 34.6 Å². The Bertz CT molecular complexity index is 619. The lowest BCUT2D eigenvalue weighted by Gasteiger charge is -2.65. The number of rotatable bonds is 5. The van der Waals surface area contributed by atoms with Crippen molar-refractivity contribution in [2.75, 3.05) is 0 Å². The summed E-state index contributed by atoms with van der Waals surface area (Å²) in [5.41, 5.74) is -0.962. The van der Waals surface area contributed by atoms with E-state index in [0.717, 1.165) is 37.0 Å². The van der Waals surface area contributed by atoms with Gasteiger partial charge in [-0.25, -0.2) is 0 Å². The van der Waals surface area contributed by atoms with E-state index in [-0.39, 0.29) is 5.41 Å². The Balaban J connectivity index is 1.53. The summed E-state index contributed by atoms with van der Waals surface area (Å²) in [5.74, 6) is 4.13. The molecule has 0 unspecified atom stereocenters. The number of aliphatic hydroxyl groups is 3. The third-order valence-corrected chi connectivity index (χ3v) is 11.0. The Morgan fingerprint density at radius 1 is 0.900 bits per heavy atom. The van der Waals surface area contributed by atoms with E-state index in [1.54, 1.807) is 0 Å². The second-order valence-electron chi connectivity index (χ2n) is 12.9. The molecule has 0 aliphatic heterocycles. The third kappa shape index (κ3) is 3.41. The summed E-state index contributed by atoms with van der Waals surface area (Å²) < 4.78 is 0. The fraction of sp³-hybridized carbons (Fsp3) is 1.00. The zero-order chi connectivity index (χ0) is 21.9. The molecule has 4 aliphatic carbocycles. The summed E-state index contributed by atoms with van der Waals surface area (Å²) in [6, 6.07) is 0. The Morgan fingerprint density at radius 2 is 1.63 bits per heavy atom. The smallest absolute Gasteiger partial charge is 0.0985 e. The van der Waals surface area contributed by atoms with E-state index >= 15 is 0 Å². The Labute approximate surface area is 185 Å². The van der Waals surface area contributed by atoms with Crippen LogP contribution in [0, 0.1) is 46.3 Å². The van der Waals surface area contributed by atoms with Gasteiger partial charge in [0.15, 0.2) is 0 Å². The van der Waals surface area contributed by atoms with Crippen LogP contribution >= 0.6 is 0 Å². The van der Waals surface area contributed by atoms with Crippen LogP contribution in [0.15, 0.2) is 0 Å². The first-order valence-electron chi connectivity index (χ1n) is 13.1. The van der Waals surface area contributed by atoms with Crippen molar-refractivity contribution in [1.29, 1.82) is 0 Å². The number of aliphatic hydroxyl groups excluding tert-OH is 2. The monoisotopic (exact) mass is 420 g/mol. The Kier molecular flexibility index (Phi) is 6.17. The van der Waals surface area contributed by atoms with Gasteiger partial charge in [0.2, 0.25) is 0 Å². The van der Waals surface area contributed by atoms with Gasteiger partial charge in [0.1, 0.15) is 0 Å². The third-order valence-electron chi connectivity index (χ3n) is 11.0. The highest BCUT2D eigenvalue weighted by molar-refractivity contribution is 5.17. The van der Waals surface area contributed by atoms with Crippen LogP contribution in [0.4, 0.5) is 0 Å². The van der Waals surface area contributed by atoms with Crippen LogP contribution in [0.5, 0.6) is 0 Å². The van der Waals surface area contributed by atoms with E-state index in [4.69, 9.17) is 0 Å². The van der Waals surface area contributed by atoms with Crippen molar-refractivity contribution in [3.05, 3.63) is 0 Å². The normalized spacial score (nSPS) is 51.9. The first kappa shape index (κ1) is 23.1. The van der Waals surface area contributed by atoms with E-state index in [0.29, 0.717) is 29.6 Å². The SMILES string of the molecule is CC(C)CCC[C@H](C)[C@H]1CC[C@H]2[C@H]3C[C@@H](O)[C@@]4(O)C[C@@H](O)CC[C@]4(C)[C@@H]3CC[C@]12C. The minimum Gasteiger partial charge on any atom is -0.393 e. The van der Waals surface area contributed by atoms with Gasteiger partial charge >= 0.3 is 0 Å². The first-order chi connectivity index (χ1) is 14.0. The maximum atomic E-state index is 11.6. The van der Waals surface area contributed by atoms with Crippen molar-refractivity contribution >= 4 is 0 Å². The average Bonchev–Trinajstić information content (AvgIpc) is 3.01. The maximum Gasteiger partial charge on any atom is 0.0985 e. The molecule has 0 bridgehead atoms. The van der Waals surface area contributed by atoms with Gasteiger partial charge in [-0.05, 0) is 85.9 Å². The Hall–Kier alpha value is -0.120. The second kappa shape index (κ2) is 8.03. The molecule has 0 spiro atoms. The second-order valence-corrected chi connectivity index (χ2v) is 12.9. The predicted octanol–water partition coefficient (Wildman–Crippen LogP) is 5.55. The summed E-state index contributed by atoms with van der Waals surface area (Å²) in [6.07, 6.45) is 10.7. The molecule has 4 rings (SSSR count). The standard InChI is InChI=1S/C27H48O3/c1-17(2)7-6-8-18(3)21-9-10-22-20-15-24(29)27(30)16-19(28)11-14-26(27,5)23(20)12-13-25(21,22)4/h17-24,28-30H,6-16H2,1-5H3/t18-,19-,20+,21+,22-,23+,24+,25+,26+,27-/m0/s1. The highest BCUT2D eigenvalue weighted by Crippen LogP contribution is 2.69. The lowest BCUT2D eigenvalue weighted by Crippen LogP contribution is -2.68. The summed E-state index contributed by atoms with van der Waals surface area (Å²) in [7, 11) is 0. The fourth-order valence-corrected chi connectivity index (χ4v) is 9.29. The van der Waals surface area contributed by atoms with Crippen LogP contribution in [-0.4, -0.2) is 33.1 Å². The van der Waals surface area contributed by atoms with Crippen LogP contribution in [0.3, 0.4) is 0 Å². The minimum absolute atomic E-state index is 0.253. The van der Waals surface area contributed by atoms with Crippen molar-refractivity contribution in [2.45, 2.75) is 123 Å². The van der Waals surface area contributed by atoms with Crippen molar-refractivity contribution < 1.29 is 15.3 Å². The Morgan fingerprint density at radius 3 is 2.33 bits per heavy atom. The molecule has 10 atom stereocenters. The van der Waals surface area contributed by atoms with Gasteiger partial charge in [-0.2, -0.15) is 0 Å². The van der Waals surface area contributed by atoms with Gasteiger partial charge in [0, 0.05) is 11.8 Å². The zero-order valence-corrected chi connectivity index (χ0v) is 20.2. The molecular formula is C27H48O3. The van der Waals surface area contributed by atoms with Crippen molar-refractivity contribution in [3.63, 3.8) is 0 Å². The number of fused-ring (bicyclic) bond motifs is 5. The van der Waals surface area contributed by atoms with Crippen LogP contribution in [-0.2, 0) is 0 Å². The molecular weight excluding hydrogens is 372 g/mol. The zero-order valence-electron chi connectivity index (χ0n) is 20.2. The first-order valence-corrected chi connectivity index (χ1v) is 13.1. The molecule has 3 heteroatoms. The van der Waals surface area contributed by atoms with Gasteiger partial charge < -0.3 is 15.3 Å². The quantitative estimate of drug-likeness (QED) is 0.546. The van der Waals surface area contributed by atoms with Gasteiger partial charge in [0.25, 0.3) is 0 Å². The van der Waals surface area contributed by atoms with Gasteiger partial charge in [0.05, 0.1) is 17.8 Å². The molecule has 4 aliphatic rings. The number of hydrogen-bond donors (Lipinski definition) is 3. The summed E-state index contributed by atoms with van der Waals surface area (Å²) in [4.78, 5) is 0. The molecule has 0 radical (unpaired) electrons. The molecule has 0 aromatic carbocycles. The topological polar surface area (TPSA) is 60.7 Å². The predicted molar refractivity (Wildman–Crippen MR) is 122 cm³/mol. The average molecular weight is 421 g/mol. The highest BCUT2D eigenvalue weighted by Gasteiger charge is 2.67. The lowest BCUT2D eigenvalue weighted by atomic mass is 9.42. The highest BCUT2D eigenvalue weighted by atomic mass is 16.3. The van der Waals surface area contributed by atoms with E-state index in [1.807, 2.05) is 0 Å². The molecule has 0 heterocycles.